The van der Waals surface area contributed by atoms with E-state index in [-0.39, 0.29) is 18.3 Å². The second kappa shape index (κ2) is 15.6. The van der Waals surface area contributed by atoms with E-state index >= 15 is 0 Å². The second-order valence-corrected chi connectivity index (χ2v) is 9.77. The van der Waals surface area contributed by atoms with E-state index in [9.17, 15) is 13.2 Å². The summed E-state index contributed by atoms with van der Waals surface area (Å²) in [4.78, 5) is 26.6. The van der Waals surface area contributed by atoms with Gasteiger partial charge in [0.1, 0.15) is 15.4 Å². The highest BCUT2D eigenvalue weighted by Gasteiger charge is 2.26. The largest absolute Gasteiger partial charge is 0.483 e. The molecular weight excluding hydrogens is 408 g/mol. The molecule has 0 aromatic carbocycles. The Morgan fingerprint density at radius 2 is 1.90 bits per heavy atom. The molecule has 1 N–H and O–H groups in total. The van der Waals surface area contributed by atoms with Crippen molar-refractivity contribution in [1.29, 1.82) is 0 Å². The van der Waals surface area contributed by atoms with Crippen molar-refractivity contribution in [1.82, 2.24) is 9.88 Å². The van der Waals surface area contributed by atoms with Gasteiger partial charge in [-0.3, -0.25) is 9.78 Å². The van der Waals surface area contributed by atoms with Gasteiger partial charge in [-0.2, -0.15) is 0 Å². The van der Waals surface area contributed by atoms with Gasteiger partial charge in [-0.25, -0.2) is 13.2 Å². The number of pyridine rings is 1. The highest BCUT2D eigenvalue weighted by Crippen LogP contribution is 2.15. The number of carbonyl (C=O) groups excluding carboxylic acids is 1. The number of amides is 1. The highest BCUT2D eigenvalue weighted by atomic mass is 32.2. The molecule has 9 heteroatoms. The van der Waals surface area contributed by atoms with Crippen molar-refractivity contribution in [3.63, 3.8) is 0 Å². The number of aromatic nitrogens is 1. The van der Waals surface area contributed by atoms with Crippen molar-refractivity contribution in [2.24, 2.45) is 0 Å². The van der Waals surface area contributed by atoms with E-state index < -0.39 is 21.5 Å². The van der Waals surface area contributed by atoms with Gasteiger partial charge in [-0.05, 0) is 58.6 Å². The molecule has 0 saturated carbocycles. The number of ether oxygens (including phenoxy) is 1. The van der Waals surface area contributed by atoms with Crippen LogP contribution in [0.15, 0.2) is 24.5 Å². The van der Waals surface area contributed by atoms with E-state index in [2.05, 4.69) is 4.98 Å². The highest BCUT2D eigenvalue weighted by molar-refractivity contribution is 7.90. The molecule has 0 fully saturated rings. The number of carboxylic acid groups (broad SMARTS) is 1. The van der Waals surface area contributed by atoms with Gasteiger partial charge in [-0.1, -0.05) is 19.9 Å². The van der Waals surface area contributed by atoms with Crippen molar-refractivity contribution < 1.29 is 27.9 Å². The number of aryl methyl sites for hydroxylation is 1. The molecule has 1 rings (SSSR count). The summed E-state index contributed by atoms with van der Waals surface area (Å²) < 4.78 is 28.3. The average Bonchev–Trinajstić information content (AvgIpc) is 2.64. The Bertz CT molecular complexity index is 687. The molecule has 1 aromatic rings. The van der Waals surface area contributed by atoms with E-state index in [0.717, 1.165) is 18.4 Å². The molecule has 30 heavy (non-hydrogen) atoms. The molecule has 174 valence electrons. The lowest BCUT2D eigenvalue weighted by molar-refractivity contribution is -0.122. The van der Waals surface area contributed by atoms with Crippen LogP contribution in [0.1, 0.15) is 59.9 Å². The summed E-state index contributed by atoms with van der Waals surface area (Å²) in [5.74, 6) is 0.0517. The van der Waals surface area contributed by atoms with Crippen molar-refractivity contribution in [2.45, 2.75) is 72.4 Å². The van der Waals surface area contributed by atoms with E-state index in [1.54, 1.807) is 11.1 Å². The fourth-order valence-electron chi connectivity index (χ4n) is 2.35. The molecule has 1 unspecified atom stereocenters. The minimum Gasteiger partial charge on any atom is -0.483 e. The Labute approximate surface area is 181 Å². The number of sulfone groups is 1. The quantitative estimate of drug-likeness (QED) is 0.604. The number of carbonyl (C=O) groups is 2. The first kappa shape index (κ1) is 30.0. The van der Waals surface area contributed by atoms with Gasteiger partial charge in [0, 0.05) is 31.2 Å². The minimum atomic E-state index is -3.06. The third-order valence-corrected chi connectivity index (χ3v) is 4.63. The second-order valence-electron chi connectivity index (χ2n) is 7.51. The van der Waals surface area contributed by atoms with Crippen LogP contribution in [0.25, 0.3) is 0 Å². The smallest absolute Gasteiger partial charge is 0.410 e. The number of rotatable bonds is 8. The lowest BCUT2D eigenvalue weighted by Gasteiger charge is -2.31. The summed E-state index contributed by atoms with van der Waals surface area (Å²) in [5, 5.41) is 6.89. The zero-order valence-corrected chi connectivity index (χ0v) is 20.1. The van der Waals surface area contributed by atoms with Crippen LogP contribution in [-0.4, -0.2) is 66.2 Å². The van der Waals surface area contributed by atoms with Crippen molar-refractivity contribution >= 4 is 22.4 Å². The van der Waals surface area contributed by atoms with Gasteiger partial charge in [-0.15, -0.1) is 0 Å². The van der Waals surface area contributed by atoms with Gasteiger partial charge < -0.3 is 14.7 Å². The molecule has 8 nitrogen and oxygen atoms in total. The van der Waals surface area contributed by atoms with Gasteiger partial charge in [0.25, 0.3) is 6.47 Å². The molecular formula is C21H38N2O6S. The van der Waals surface area contributed by atoms with Crippen LogP contribution in [0.2, 0.25) is 0 Å². The predicted octanol–water partition coefficient (Wildman–Crippen LogP) is 3.80. The monoisotopic (exact) mass is 446 g/mol. The van der Waals surface area contributed by atoms with E-state index in [0.29, 0.717) is 13.0 Å². The maximum atomic E-state index is 12.5. The van der Waals surface area contributed by atoms with Crippen LogP contribution in [-0.2, 0) is 25.8 Å². The van der Waals surface area contributed by atoms with Crippen LogP contribution in [0.5, 0.6) is 0 Å². The summed E-state index contributed by atoms with van der Waals surface area (Å²) in [7, 11) is -3.06. The number of hydrogen-bond acceptors (Lipinski definition) is 6. The summed E-state index contributed by atoms with van der Waals surface area (Å²) in [6.07, 6.45) is 6.29. The first-order valence-electron chi connectivity index (χ1n) is 10.0. The van der Waals surface area contributed by atoms with Crippen molar-refractivity contribution in [3.8, 4) is 0 Å². The molecule has 1 amide bonds. The van der Waals surface area contributed by atoms with Crippen molar-refractivity contribution in [2.75, 3.05) is 18.6 Å². The van der Waals surface area contributed by atoms with Crippen LogP contribution in [0, 0.1) is 0 Å². The minimum absolute atomic E-state index is 0.0517. The van der Waals surface area contributed by atoms with Crippen LogP contribution < -0.4 is 0 Å². The molecule has 1 heterocycles. The topological polar surface area (TPSA) is 114 Å². The van der Waals surface area contributed by atoms with Crippen LogP contribution >= 0.6 is 0 Å². The van der Waals surface area contributed by atoms with E-state index in [1.807, 2.05) is 59.9 Å². The van der Waals surface area contributed by atoms with Gasteiger partial charge in [0.2, 0.25) is 0 Å². The molecule has 1 atom stereocenters. The fraction of sp³-hybridized carbons (Fsp3) is 0.667. The summed E-state index contributed by atoms with van der Waals surface area (Å²) in [6, 6.07) is 3.67. The predicted molar refractivity (Wildman–Crippen MR) is 119 cm³/mol. The molecule has 0 aliphatic heterocycles. The Kier molecular flexibility index (Phi) is 15.7. The number of hydrogen-bond donors (Lipinski definition) is 1. The van der Waals surface area contributed by atoms with Crippen LogP contribution in [0.4, 0.5) is 4.79 Å². The molecule has 0 spiro atoms. The lowest BCUT2D eigenvalue weighted by Crippen LogP contribution is -2.43. The molecule has 0 aliphatic carbocycles. The SMILES string of the molecule is CC.CC(CCS(C)(=O)=O)N(CCCc1cccnc1)C(=O)OC(C)(C)C.O=CO. The normalized spacial score (nSPS) is 11.7. The molecule has 1 aromatic heterocycles. The number of nitrogens with zero attached hydrogens (tertiary/aromatic N) is 2. The lowest BCUT2D eigenvalue weighted by atomic mass is 10.1. The van der Waals surface area contributed by atoms with Crippen LogP contribution in [0.3, 0.4) is 0 Å². The zero-order valence-electron chi connectivity index (χ0n) is 19.3. The van der Waals surface area contributed by atoms with Gasteiger partial charge in [0.05, 0.1) is 5.75 Å². The van der Waals surface area contributed by atoms with E-state index in [4.69, 9.17) is 14.6 Å². The molecule has 0 saturated heterocycles. The van der Waals surface area contributed by atoms with E-state index in [1.165, 1.54) is 6.26 Å². The summed E-state index contributed by atoms with van der Waals surface area (Å²) >= 11 is 0. The van der Waals surface area contributed by atoms with Crippen molar-refractivity contribution in [3.05, 3.63) is 30.1 Å². The summed E-state index contributed by atoms with van der Waals surface area (Å²) in [5.41, 5.74) is 0.519. The zero-order chi connectivity index (χ0) is 23.8. The Morgan fingerprint density at radius 1 is 1.33 bits per heavy atom. The fourth-order valence-corrected chi connectivity index (χ4v) is 3.12. The molecule has 0 radical (unpaired) electrons. The van der Waals surface area contributed by atoms with Gasteiger partial charge >= 0.3 is 6.09 Å². The van der Waals surface area contributed by atoms with Gasteiger partial charge in [0.15, 0.2) is 0 Å². The Hall–Kier alpha value is -2.16. The molecule has 0 bridgehead atoms. The third kappa shape index (κ3) is 16.8. The standard InChI is InChI=1S/C18H30N2O4S.C2H6.CH2O2/c1-15(10-13-25(5,22)23)20(17(21)24-18(2,3)4)12-7-9-16-8-6-11-19-14-16;1-2;2-1-3/h6,8,11,14-15H,7,9-10,12-13H2,1-5H3;1-2H3;1H,(H,2,3). The molecule has 0 aliphatic rings. The maximum Gasteiger partial charge on any atom is 0.410 e. The average molecular weight is 447 g/mol. The third-order valence-electron chi connectivity index (χ3n) is 3.65. The Morgan fingerprint density at radius 3 is 2.33 bits per heavy atom. The maximum absolute atomic E-state index is 12.5. The first-order valence-corrected chi connectivity index (χ1v) is 12.1. The Balaban J connectivity index is 0. The summed E-state index contributed by atoms with van der Waals surface area (Å²) in [6.45, 7) is 11.6. The first-order chi connectivity index (χ1) is 13.9.